The van der Waals surface area contributed by atoms with Gasteiger partial charge in [-0.3, -0.25) is 0 Å². The van der Waals surface area contributed by atoms with Gasteiger partial charge < -0.3 is 10.2 Å². The number of phenolic OH excluding ortho intramolecular Hbond substituents is 2. The maximum atomic E-state index is 10.8. The van der Waals surface area contributed by atoms with Gasteiger partial charge in [-0.05, 0) is 45.5 Å². The van der Waals surface area contributed by atoms with E-state index in [0.717, 1.165) is 22.3 Å². The molecule has 0 aliphatic heterocycles. The first kappa shape index (κ1) is 19.3. The van der Waals surface area contributed by atoms with Gasteiger partial charge in [0.25, 0.3) is 0 Å². The third-order valence-electron chi connectivity index (χ3n) is 5.22. The molecule has 0 bridgehead atoms. The summed E-state index contributed by atoms with van der Waals surface area (Å²) in [5.74, 6) is 0.280. The Kier molecular flexibility index (Phi) is 5.23. The molecule has 0 aliphatic rings. The fourth-order valence-corrected chi connectivity index (χ4v) is 3.73. The molecule has 0 amide bonds. The van der Waals surface area contributed by atoms with E-state index in [1.54, 1.807) is 24.3 Å². The zero-order chi connectivity index (χ0) is 21.1. The molecule has 0 radical (unpaired) electrons. The topological polar surface area (TPSA) is 40.5 Å². The molecular weight excluding hydrogens is 368 g/mol. The molecule has 0 aliphatic carbocycles. The molecule has 4 rings (SSSR count). The summed E-state index contributed by atoms with van der Waals surface area (Å²) in [7, 11) is 0. The van der Waals surface area contributed by atoms with Crippen LogP contribution in [0.5, 0.6) is 11.5 Å². The molecule has 2 heteroatoms. The van der Waals surface area contributed by atoms with E-state index < -0.39 is 0 Å². The van der Waals surface area contributed by atoms with Gasteiger partial charge in [-0.25, -0.2) is 0 Å². The minimum absolute atomic E-state index is 0.140. The molecule has 0 atom stereocenters. The Morgan fingerprint density at radius 3 is 1.20 bits per heavy atom. The van der Waals surface area contributed by atoms with Crippen molar-refractivity contribution < 1.29 is 10.2 Å². The van der Waals surface area contributed by atoms with E-state index in [2.05, 4.69) is 13.2 Å². The summed E-state index contributed by atoms with van der Waals surface area (Å²) in [5, 5.41) is 21.5. The number of hydrogen-bond acceptors (Lipinski definition) is 2. The Labute approximate surface area is 176 Å². The van der Waals surface area contributed by atoms with Crippen molar-refractivity contribution in [3.8, 4) is 22.6 Å². The van der Waals surface area contributed by atoms with Crippen molar-refractivity contribution in [2.45, 2.75) is 0 Å². The SMILES string of the molecule is C=C(c1ccccc1)c1c(O)cccc1-c1cccc(O)c1C(=C)c1ccccc1. The lowest BCUT2D eigenvalue weighted by molar-refractivity contribution is 0.472. The highest BCUT2D eigenvalue weighted by Gasteiger charge is 2.20. The molecule has 146 valence electrons. The Morgan fingerprint density at radius 2 is 0.833 bits per heavy atom. The number of benzene rings is 4. The second kappa shape index (κ2) is 8.14. The van der Waals surface area contributed by atoms with Crippen molar-refractivity contribution in [2.24, 2.45) is 0 Å². The zero-order valence-corrected chi connectivity index (χ0v) is 16.5. The van der Waals surface area contributed by atoms with Crippen LogP contribution in [0.1, 0.15) is 22.3 Å². The van der Waals surface area contributed by atoms with Crippen LogP contribution in [-0.2, 0) is 0 Å². The Balaban J connectivity index is 1.93. The molecular formula is C28H22O2. The molecule has 0 unspecified atom stereocenters. The molecule has 4 aromatic rings. The van der Waals surface area contributed by atoms with Crippen molar-refractivity contribution in [1.82, 2.24) is 0 Å². The van der Waals surface area contributed by atoms with Crippen LogP contribution in [0.15, 0.2) is 110 Å². The summed E-state index contributed by atoms with van der Waals surface area (Å²) in [6.45, 7) is 8.50. The van der Waals surface area contributed by atoms with Crippen LogP contribution in [0, 0.1) is 0 Å². The van der Waals surface area contributed by atoms with Gasteiger partial charge in [0.2, 0.25) is 0 Å². The summed E-state index contributed by atoms with van der Waals surface area (Å²) in [5.41, 5.74) is 6.10. The minimum atomic E-state index is 0.140. The first-order valence-corrected chi connectivity index (χ1v) is 9.71. The summed E-state index contributed by atoms with van der Waals surface area (Å²) in [6, 6.07) is 30.3. The van der Waals surface area contributed by atoms with Gasteiger partial charge in [0, 0.05) is 11.1 Å². The van der Waals surface area contributed by atoms with E-state index in [9.17, 15) is 10.2 Å². The van der Waals surface area contributed by atoms with E-state index in [-0.39, 0.29) is 11.5 Å². The molecule has 2 nitrogen and oxygen atoms in total. The highest BCUT2D eigenvalue weighted by atomic mass is 16.3. The van der Waals surface area contributed by atoms with Gasteiger partial charge in [0.05, 0.1) is 0 Å². The molecule has 0 heterocycles. The third kappa shape index (κ3) is 3.51. The summed E-state index contributed by atoms with van der Waals surface area (Å²) in [6.07, 6.45) is 0. The van der Waals surface area contributed by atoms with Crippen molar-refractivity contribution in [2.75, 3.05) is 0 Å². The lowest BCUT2D eigenvalue weighted by Crippen LogP contribution is -1.96. The highest BCUT2D eigenvalue weighted by molar-refractivity contribution is 5.96. The number of hydrogen-bond donors (Lipinski definition) is 2. The van der Waals surface area contributed by atoms with Crippen LogP contribution in [0.4, 0.5) is 0 Å². The number of rotatable bonds is 5. The predicted octanol–water partition coefficient (Wildman–Crippen LogP) is 6.89. The molecule has 0 saturated heterocycles. The van der Waals surface area contributed by atoms with Gasteiger partial charge in [-0.1, -0.05) is 98.1 Å². The molecule has 0 spiro atoms. The van der Waals surface area contributed by atoms with Crippen molar-refractivity contribution >= 4 is 11.1 Å². The molecule has 0 aromatic heterocycles. The van der Waals surface area contributed by atoms with E-state index >= 15 is 0 Å². The van der Waals surface area contributed by atoms with Crippen molar-refractivity contribution in [1.29, 1.82) is 0 Å². The largest absolute Gasteiger partial charge is 0.507 e. The monoisotopic (exact) mass is 390 g/mol. The molecule has 0 saturated carbocycles. The average molecular weight is 390 g/mol. The molecule has 0 fully saturated rings. The van der Waals surface area contributed by atoms with Crippen LogP contribution in [0.2, 0.25) is 0 Å². The van der Waals surface area contributed by atoms with Gasteiger partial charge >= 0.3 is 0 Å². The maximum absolute atomic E-state index is 10.8. The first-order chi connectivity index (χ1) is 14.6. The first-order valence-electron chi connectivity index (χ1n) is 9.71. The second-order valence-corrected chi connectivity index (χ2v) is 7.09. The van der Waals surface area contributed by atoms with Crippen LogP contribution in [0.25, 0.3) is 22.3 Å². The summed E-state index contributed by atoms with van der Waals surface area (Å²) < 4.78 is 0. The van der Waals surface area contributed by atoms with Gasteiger partial charge in [-0.2, -0.15) is 0 Å². The Bertz CT molecular complexity index is 1120. The smallest absolute Gasteiger partial charge is 0.124 e. The Morgan fingerprint density at radius 1 is 0.467 bits per heavy atom. The minimum Gasteiger partial charge on any atom is -0.507 e. The number of phenols is 2. The highest BCUT2D eigenvalue weighted by Crippen LogP contribution is 2.43. The average Bonchev–Trinajstić information content (AvgIpc) is 2.79. The van der Waals surface area contributed by atoms with Crippen LogP contribution in [-0.4, -0.2) is 10.2 Å². The third-order valence-corrected chi connectivity index (χ3v) is 5.22. The van der Waals surface area contributed by atoms with Crippen molar-refractivity contribution in [3.05, 3.63) is 132 Å². The standard InChI is InChI=1S/C28H22O2/c1-19(21-11-5-3-6-12-21)27-23(15-9-17-25(27)29)24-16-10-18-26(30)28(24)20(2)22-13-7-4-8-14-22/h3-18,29-30H,1-2H2. The summed E-state index contributed by atoms with van der Waals surface area (Å²) in [4.78, 5) is 0. The number of aromatic hydroxyl groups is 2. The van der Waals surface area contributed by atoms with E-state index in [1.807, 2.05) is 72.8 Å². The second-order valence-electron chi connectivity index (χ2n) is 7.09. The van der Waals surface area contributed by atoms with Gasteiger partial charge in [0.15, 0.2) is 0 Å². The lowest BCUT2D eigenvalue weighted by atomic mass is 9.85. The predicted molar refractivity (Wildman–Crippen MR) is 124 cm³/mol. The lowest BCUT2D eigenvalue weighted by Gasteiger charge is -2.19. The maximum Gasteiger partial charge on any atom is 0.124 e. The molecule has 4 aromatic carbocycles. The fourth-order valence-electron chi connectivity index (χ4n) is 3.73. The van der Waals surface area contributed by atoms with Crippen molar-refractivity contribution in [3.63, 3.8) is 0 Å². The Hall–Kier alpha value is -4.04. The van der Waals surface area contributed by atoms with E-state index in [4.69, 9.17) is 0 Å². The quantitative estimate of drug-likeness (QED) is 0.390. The van der Waals surface area contributed by atoms with E-state index in [0.29, 0.717) is 22.3 Å². The zero-order valence-electron chi connectivity index (χ0n) is 16.5. The van der Waals surface area contributed by atoms with Crippen LogP contribution in [0.3, 0.4) is 0 Å². The molecule has 30 heavy (non-hydrogen) atoms. The van der Waals surface area contributed by atoms with Crippen LogP contribution < -0.4 is 0 Å². The summed E-state index contributed by atoms with van der Waals surface area (Å²) >= 11 is 0. The van der Waals surface area contributed by atoms with Gasteiger partial charge in [-0.15, -0.1) is 0 Å². The normalized spacial score (nSPS) is 10.5. The van der Waals surface area contributed by atoms with E-state index in [1.165, 1.54) is 0 Å². The molecule has 2 N–H and O–H groups in total. The fraction of sp³-hybridized carbons (Fsp3) is 0. The van der Waals surface area contributed by atoms with Gasteiger partial charge in [0.1, 0.15) is 11.5 Å². The van der Waals surface area contributed by atoms with Crippen LogP contribution >= 0.6 is 0 Å².